The number of aliphatic imine (C=N–C) groups is 1. The summed E-state index contributed by atoms with van der Waals surface area (Å²) in [6, 6.07) is 0. The molecule has 0 saturated carbocycles. The lowest BCUT2D eigenvalue weighted by Crippen LogP contribution is -2.38. The van der Waals surface area contributed by atoms with E-state index >= 15 is 0 Å². The lowest BCUT2D eigenvalue weighted by Gasteiger charge is -2.16. The van der Waals surface area contributed by atoms with Gasteiger partial charge >= 0.3 is 5.97 Å². The summed E-state index contributed by atoms with van der Waals surface area (Å²) in [5, 5.41) is 17.2. The van der Waals surface area contributed by atoms with Gasteiger partial charge in [0, 0.05) is 6.54 Å². The van der Waals surface area contributed by atoms with Crippen molar-refractivity contribution >= 4 is 12.3 Å². The first kappa shape index (κ1) is 19.9. The van der Waals surface area contributed by atoms with Gasteiger partial charge in [-0.15, -0.1) is 0 Å². The van der Waals surface area contributed by atoms with Gasteiger partial charge in [-0.05, 0) is 0 Å². The topological polar surface area (TPSA) is 73.1 Å². The minimum atomic E-state index is -1.44. The maximum absolute atomic E-state index is 10.1. The highest BCUT2D eigenvalue weighted by atomic mass is 16.4. The molecule has 1 aliphatic rings. The van der Waals surface area contributed by atoms with Crippen molar-refractivity contribution in [1.29, 1.82) is 0 Å². The summed E-state index contributed by atoms with van der Waals surface area (Å²) in [5.74, 6) is -1.24. The lowest BCUT2D eigenvalue weighted by atomic mass is 10.1. The number of unbranched alkanes of at least 4 members (excludes halogenated alkanes) is 8. The van der Waals surface area contributed by atoms with Crippen molar-refractivity contribution < 1.29 is 15.0 Å². The number of hydrogen-bond donors (Lipinski definition) is 2. The van der Waals surface area contributed by atoms with Crippen molar-refractivity contribution in [2.24, 2.45) is 4.99 Å². The van der Waals surface area contributed by atoms with Gasteiger partial charge < -0.3 is 15.1 Å². The van der Waals surface area contributed by atoms with Gasteiger partial charge in [-0.25, -0.2) is 4.79 Å². The Bertz CT molecular complexity index is 275. The monoisotopic (exact) mass is 300 g/mol. The van der Waals surface area contributed by atoms with E-state index in [0.29, 0.717) is 13.1 Å². The average Bonchev–Trinajstić information content (AvgIpc) is 3.00. The molecule has 21 heavy (non-hydrogen) atoms. The predicted molar refractivity (Wildman–Crippen MR) is 86.6 cm³/mol. The quantitative estimate of drug-likeness (QED) is 0.607. The van der Waals surface area contributed by atoms with E-state index in [4.69, 9.17) is 10.2 Å². The predicted octanol–water partition coefficient (Wildman–Crippen LogP) is 3.27. The molecule has 0 aromatic carbocycles. The first-order chi connectivity index (χ1) is 10.1. The highest BCUT2D eigenvalue weighted by Crippen LogP contribution is 2.08. The highest BCUT2D eigenvalue weighted by molar-refractivity contribution is 5.75. The molecule has 0 fully saturated rings. The fraction of sp³-hybridized carbons (Fsp3) is 0.875. The lowest BCUT2D eigenvalue weighted by molar-refractivity contribution is -0.153. The standard InChI is InChI=1S/C11H24.C5H8N2O3/c1-3-5-7-9-11-10-8-6-4-2;8-4(5(9)10)7-2-1-6-3-7/h3-11H2,1-2H3;3-4,8H,1-2H2,(H,9,10). The molecule has 1 atom stereocenters. The third-order valence-electron chi connectivity index (χ3n) is 3.46. The number of aliphatic hydroxyl groups is 1. The van der Waals surface area contributed by atoms with E-state index in [1.54, 1.807) is 0 Å². The number of nitrogens with zero attached hydrogens (tertiary/aromatic N) is 2. The maximum atomic E-state index is 10.1. The fourth-order valence-electron chi connectivity index (χ4n) is 2.10. The summed E-state index contributed by atoms with van der Waals surface area (Å²) < 4.78 is 0. The molecule has 5 nitrogen and oxygen atoms in total. The molecule has 124 valence electrons. The number of carboxylic acid groups (broad SMARTS) is 1. The van der Waals surface area contributed by atoms with Gasteiger partial charge in [0.1, 0.15) is 0 Å². The van der Waals surface area contributed by atoms with Crippen LogP contribution in [-0.2, 0) is 4.79 Å². The molecule has 0 bridgehead atoms. The molecule has 0 saturated heterocycles. The van der Waals surface area contributed by atoms with Crippen LogP contribution >= 0.6 is 0 Å². The van der Waals surface area contributed by atoms with Gasteiger partial charge in [0.25, 0.3) is 0 Å². The van der Waals surface area contributed by atoms with Crippen molar-refractivity contribution in [1.82, 2.24) is 4.90 Å². The summed E-state index contributed by atoms with van der Waals surface area (Å²) in [6.07, 6.45) is 12.9. The SMILES string of the molecule is CCCCCCCCCCC.O=C(O)C(O)N1C=NCC1. The molecule has 0 amide bonds. The van der Waals surface area contributed by atoms with Gasteiger partial charge in [-0.2, -0.15) is 0 Å². The largest absolute Gasteiger partial charge is 0.478 e. The Labute approximate surface area is 129 Å². The molecule has 0 aromatic rings. The van der Waals surface area contributed by atoms with Crippen LogP contribution < -0.4 is 0 Å². The molecule has 1 aliphatic heterocycles. The van der Waals surface area contributed by atoms with E-state index in [2.05, 4.69) is 18.8 Å². The Balaban J connectivity index is 0.000000382. The van der Waals surface area contributed by atoms with Gasteiger partial charge in [-0.1, -0.05) is 71.6 Å². The molecule has 0 aliphatic carbocycles. The number of carbonyl (C=O) groups is 1. The maximum Gasteiger partial charge on any atom is 0.354 e. The normalized spacial score (nSPS) is 14.7. The summed E-state index contributed by atoms with van der Waals surface area (Å²) in [7, 11) is 0. The molecule has 1 unspecified atom stereocenters. The van der Waals surface area contributed by atoms with Crippen LogP contribution in [0.2, 0.25) is 0 Å². The van der Waals surface area contributed by atoms with E-state index in [1.165, 1.54) is 69.0 Å². The number of rotatable bonds is 10. The summed E-state index contributed by atoms with van der Waals surface area (Å²) >= 11 is 0. The van der Waals surface area contributed by atoms with Crippen LogP contribution in [0, 0.1) is 0 Å². The third kappa shape index (κ3) is 11.3. The minimum Gasteiger partial charge on any atom is -0.478 e. The Morgan fingerprint density at radius 2 is 1.57 bits per heavy atom. The second kappa shape index (κ2) is 13.9. The first-order valence-corrected chi connectivity index (χ1v) is 8.30. The van der Waals surface area contributed by atoms with Crippen molar-refractivity contribution in [2.45, 2.75) is 77.9 Å². The van der Waals surface area contributed by atoms with Crippen molar-refractivity contribution in [3.63, 3.8) is 0 Å². The van der Waals surface area contributed by atoms with E-state index < -0.39 is 12.2 Å². The number of aliphatic carboxylic acids is 1. The molecular formula is C16H32N2O3. The zero-order chi connectivity index (χ0) is 15.9. The van der Waals surface area contributed by atoms with Crippen LogP contribution in [0.4, 0.5) is 0 Å². The van der Waals surface area contributed by atoms with Gasteiger partial charge in [0.05, 0.1) is 12.9 Å². The second-order valence-corrected chi connectivity index (χ2v) is 5.45. The van der Waals surface area contributed by atoms with Crippen LogP contribution in [0.1, 0.15) is 71.6 Å². The molecule has 0 aromatic heterocycles. The molecular weight excluding hydrogens is 268 g/mol. The van der Waals surface area contributed by atoms with Crippen LogP contribution in [0.3, 0.4) is 0 Å². The van der Waals surface area contributed by atoms with Gasteiger partial charge in [0.15, 0.2) is 0 Å². The smallest absolute Gasteiger partial charge is 0.354 e. The van der Waals surface area contributed by atoms with Gasteiger partial charge in [0.2, 0.25) is 6.23 Å². The minimum absolute atomic E-state index is 0.480. The Hall–Kier alpha value is -1.10. The molecule has 1 heterocycles. The molecule has 1 rings (SSSR count). The molecule has 2 N–H and O–H groups in total. The summed E-state index contributed by atoms with van der Waals surface area (Å²) in [5.41, 5.74) is 0. The average molecular weight is 300 g/mol. The fourth-order valence-corrected chi connectivity index (χ4v) is 2.10. The third-order valence-corrected chi connectivity index (χ3v) is 3.46. The van der Waals surface area contributed by atoms with Crippen LogP contribution in [0.5, 0.6) is 0 Å². The van der Waals surface area contributed by atoms with Crippen molar-refractivity contribution in [3.8, 4) is 0 Å². The number of carboxylic acids is 1. The second-order valence-electron chi connectivity index (χ2n) is 5.45. The number of hydrogen-bond acceptors (Lipinski definition) is 4. The molecule has 0 radical (unpaired) electrons. The number of aliphatic hydroxyl groups excluding tert-OH is 1. The summed E-state index contributed by atoms with van der Waals surface area (Å²) in [6.45, 7) is 5.59. The first-order valence-electron chi connectivity index (χ1n) is 8.30. The summed E-state index contributed by atoms with van der Waals surface area (Å²) in [4.78, 5) is 15.1. The van der Waals surface area contributed by atoms with E-state index in [9.17, 15) is 4.79 Å². The molecule has 0 spiro atoms. The Kier molecular flexibility index (Phi) is 13.1. The van der Waals surface area contributed by atoms with Crippen LogP contribution in [-0.4, -0.2) is 46.7 Å². The van der Waals surface area contributed by atoms with E-state index in [0.717, 1.165) is 0 Å². The molecule has 5 heteroatoms. The van der Waals surface area contributed by atoms with Crippen molar-refractivity contribution in [2.75, 3.05) is 13.1 Å². The Morgan fingerprint density at radius 3 is 1.90 bits per heavy atom. The van der Waals surface area contributed by atoms with Gasteiger partial charge in [-0.3, -0.25) is 4.99 Å². The van der Waals surface area contributed by atoms with E-state index in [1.807, 2.05) is 0 Å². The van der Waals surface area contributed by atoms with E-state index in [-0.39, 0.29) is 0 Å². The highest BCUT2D eigenvalue weighted by Gasteiger charge is 2.21. The van der Waals surface area contributed by atoms with Crippen molar-refractivity contribution in [3.05, 3.63) is 0 Å². The Morgan fingerprint density at radius 1 is 1.10 bits per heavy atom. The zero-order valence-corrected chi connectivity index (χ0v) is 13.6. The zero-order valence-electron chi connectivity index (χ0n) is 13.6. The van der Waals surface area contributed by atoms with Crippen LogP contribution in [0.25, 0.3) is 0 Å². The van der Waals surface area contributed by atoms with Crippen LogP contribution in [0.15, 0.2) is 4.99 Å².